The summed E-state index contributed by atoms with van der Waals surface area (Å²) in [4.78, 5) is 17.7. The standard InChI is InChI=1S/C19H29ClN4O3/c1-14(27-17-6-4-16(20)5-7-17)10-21-19(23-12-18(25)24(2)3)22-11-15-8-9-26-13-15/h4-7,14-15H,8-13H2,1-3H3,(H2,21,22,23). The van der Waals surface area contributed by atoms with Gasteiger partial charge in [0, 0.05) is 38.2 Å². The molecule has 2 N–H and O–H groups in total. The van der Waals surface area contributed by atoms with E-state index in [1.54, 1.807) is 26.2 Å². The van der Waals surface area contributed by atoms with Crippen LogP contribution >= 0.6 is 11.6 Å². The van der Waals surface area contributed by atoms with Gasteiger partial charge in [-0.25, -0.2) is 4.99 Å². The van der Waals surface area contributed by atoms with Crippen molar-refractivity contribution < 1.29 is 14.3 Å². The molecular formula is C19H29ClN4O3. The number of aliphatic imine (C=N–C) groups is 1. The van der Waals surface area contributed by atoms with Gasteiger partial charge in [0.1, 0.15) is 18.4 Å². The lowest BCUT2D eigenvalue weighted by molar-refractivity contribution is -0.127. The summed E-state index contributed by atoms with van der Waals surface area (Å²) >= 11 is 5.89. The lowest BCUT2D eigenvalue weighted by atomic mass is 10.1. The Bertz CT molecular complexity index is 616. The Morgan fingerprint density at radius 1 is 1.37 bits per heavy atom. The molecular weight excluding hydrogens is 368 g/mol. The molecule has 0 aromatic heterocycles. The largest absolute Gasteiger partial charge is 0.489 e. The van der Waals surface area contributed by atoms with Crippen LogP contribution in [0.15, 0.2) is 29.3 Å². The second-order valence-electron chi connectivity index (χ2n) is 6.83. The molecule has 2 atom stereocenters. The number of carbonyl (C=O) groups excluding carboxylic acids is 1. The molecule has 2 unspecified atom stereocenters. The molecule has 0 spiro atoms. The van der Waals surface area contributed by atoms with Gasteiger partial charge < -0.3 is 25.0 Å². The Kier molecular flexibility index (Phi) is 8.67. The van der Waals surface area contributed by atoms with E-state index >= 15 is 0 Å². The van der Waals surface area contributed by atoms with Crippen molar-refractivity contribution in [2.24, 2.45) is 10.9 Å². The average molecular weight is 397 g/mol. The second-order valence-corrected chi connectivity index (χ2v) is 7.26. The van der Waals surface area contributed by atoms with E-state index < -0.39 is 0 Å². The molecule has 1 aromatic rings. The molecule has 1 aliphatic rings. The van der Waals surface area contributed by atoms with Gasteiger partial charge in [0.15, 0.2) is 5.96 Å². The first-order valence-electron chi connectivity index (χ1n) is 9.16. The van der Waals surface area contributed by atoms with E-state index in [2.05, 4.69) is 15.6 Å². The van der Waals surface area contributed by atoms with Gasteiger partial charge in [-0.2, -0.15) is 0 Å². The summed E-state index contributed by atoms with van der Waals surface area (Å²) in [6.45, 7) is 4.93. The zero-order valence-corrected chi connectivity index (χ0v) is 17.0. The maximum absolute atomic E-state index is 11.8. The van der Waals surface area contributed by atoms with Crippen molar-refractivity contribution in [3.63, 3.8) is 0 Å². The highest BCUT2D eigenvalue weighted by Crippen LogP contribution is 2.16. The van der Waals surface area contributed by atoms with E-state index in [4.69, 9.17) is 21.1 Å². The number of rotatable bonds is 8. The minimum absolute atomic E-state index is 0.0502. The van der Waals surface area contributed by atoms with Gasteiger partial charge in [-0.3, -0.25) is 4.79 Å². The van der Waals surface area contributed by atoms with Crippen LogP contribution in [0.2, 0.25) is 5.02 Å². The summed E-state index contributed by atoms with van der Waals surface area (Å²) in [6.07, 6.45) is 0.949. The topological polar surface area (TPSA) is 75.2 Å². The van der Waals surface area contributed by atoms with Gasteiger partial charge in [0.2, 0.25) is 5.91 Å². The summed E-state index contributed by atoms with van der Waals surface area (Å²) < 4.78 is 11.3. The highest BCUT2D eigenvalue weighted by Gasteiger charge is 2.16. The third-order valence-corrected chi connectivity index (χ3v) is 4.41. The molecule has 1 amide bonds. The molecule has 1 heterocycles. The van der Waals surface area contributed by atoms with Crippen molar-refractivity contribution in [3.05, 3.63) is 29.3 Å². The first kappa shape index (κ1) is 21.3. The van der Waals surface area contributed by atoms with Crippen molar-refractivity contribution >= 4 is 23.5 Å². The quantitative estimate of drug-likeness (QED) is 0.517. The van der Waals surface area contributed by atoms with Crippen LogP contribution in [0, 0.1) is 5.92 Å². The monoisotopic (exact) mass is 396 g/mol. The molecule has 0 radical (unpaired) electrons. The number of halogens is 1. The Balaban J connectivity index is 1.85. The van der Waals surface area contributed by atoms with Crippen LogP contribution < -0.4 is 15.4 Å². The van der Waals surface area contributed by atoms with Crippen LogP contribution in [-0.4, -0.2) is 69.8 Å². The number of likely N-dealkylation sites (N-methyl/N-ethyl adjacent to an activating group) is 1. The van der Waals surface area contributed by atoms with Crippen molar-refractivity contribution in [1.29, 1.82) is 0 Å². The fraction of sp³-hybridized carbons (Fsp3) is 0.579. The minimum Gasteiger partial charge on any atom is -0.489 e. The van der Waals surface area contributed by atoms with Crippen LogP contribution in [-0.2, 0) is 9.53 Å². The Morgan fingerprint density at radius 2 is 2.11 bits per heavy atom. The van der Waals surface area contributed by atoms with Gasteiger partial charge >= 0.3 is 0 Å². The molecule has 0 saturated carbocycles. The fourth-order valence-corrected chi connectivity index (χ4v) is 2.60. The van der Waals surface area contributed by atoms with Crippen LogP contribution in [0.5, 0.6) is 5.75 Å². The summed E-state index contributed by atoms with van der Waals surface area (Å²) in [6, 6.07) is 7.26. The molecule has 27 heavy (non-hydrogen) atoms. The lowest BCUT2D eigenvalue weighted by Crippen LogP contribution is -2.44. The van der Waals surface area contributed by atoms with E-state index in [-0.39, 0.29) is 18.6 Å². The summed E-state index contributed by atoms with van der Waals surface area (Å²) in [5, 5.41) is 7.22. The zero-order valence-electron chi connectivity index (χ0n) is 16.2. The number of benzene rings is 1. The molecule has 1 aromatic carbocycles. The number of guanidine groups is 1. The fourth-order valence-electron chi connectivity index (χ4n) is 2.48. The summed E-state index contributed by atoms with van der Waals surface area (Å²) in [5.41, 5.74) is 0. The minimum atomic E-state index is -0.0856. The normalized spacial score (nSPS) is 18.1. The van der Waals surface area contributed by atoms with Crippen molar-refractivity contribution in [3.8, 4) is 5.75 Å². The van der Waals surface area contributed by atoms with Crippen LogP contribution in [0.25, 0.3) is 0 Å². The molecule has 1 fully saturated rings. The highest BCUT2D eigenvalue weighted by molar-refractivity contribution is 6.30. The van der Waals surface area contributed by atoms with Gasteiger partial charge in [-0.15, -0.1) is 0 Å². The number of ether oxygens (including phenoxy) is 2. The van der Waals surface area contributed by atoms with E-state index in [0.717, 1.165) is 31.9 Å². The highest BCUT2D eigenvalue weighted by atomic mass is 35.5. The van der Waals surface area contributed by atoms with Crippen molar-refractivity contribution in [2.75, 3.05) is 46.9 Å². The third kappa shape index (κ3) is 8.05. The van der Waals surface area contributed by atoms with E-state index in [0.29, 0.717) is 23.4 Å². The number of amides is 1. The Morgan fingerprint density at radius 3 is 2.74 bits per heavy atom. The number of nitrogens with one attached hydrogen (secondary N) is 2. The first-order valence-corrected chi connectivity index (χ1v) is 9.54. The molecule has 150 valence electrons. The molecule has 1 aliphatic heterocycles. The number of hydrogen-bond acceptors (Lipinski definition) is 4. The predicted molar refractivity (Wildman–Crippen MR) is 107 cm³/mol. The van der Waals surface area contributed by atoms with Crippen LogP contribution in [0.4, 0.5) is 0 Å². The molecule has 8 heteroatoms. The maximum Gasteiger partial charge on any atom is 0.243 e. The van der Waals surface area contributed by atoms with E-state index in [1.165, 1.54) is 4.90 Å². The van der Waals surface area contributed by atoms with Gasteiger partial charge in [-0.05, 0) is 37.6 Å². The predicted octanol–water partition coefficient (Wildman–Crippen LogP) is 1.77. The number of carbonyl (C=O) groups is 1. The van der Waals surface area contributed by atoms with E-state index in [9.17, 15) is 4.79 Å². The van der Waals surface area contributed by atoms with Gasteiger partial charge in [-0.1, -0.05) is 11.6 Å². The van der Waals surface area contributed by atoms with Crippen molar-refractivity contribution in [1.82, 2.24) is 15.5 Å². The molecule has 1 saturated heterocycles. The molecule has 7 nitrogen and oxygen atoms in total. The molecule has 0 aliphatic carbocycles. The van der Waals surface area contributed by atoms with E-state index in [1.807, 2.05) is 19.1 Å². The zero-order chi connectivity index (χ0) is 19.6. The summed E-state index contributed by atoms with van der Waals surface area (Å²) in [7, 11) is 3.44. The second kappa shape index (κ2) is 11.0. The third-order valence-electron chi connectivity index (χ3n) is 4.16. The molecule has 0 bridgehead atoms. The van der Waals surface area contributed by atoms with Gasteiger partial charge in [0.05, 0.1) is 13.2 Å². The smallest absolute Gasteiger partial charge is 0.243 e. The van der Waals surface area contributed by atoms with Crippen LogP contribution in [0.1, 0.15) is 13.3 Å². The first-order chi connectivity index (χ1) is 12.9. The average Bonchev–Trinajstić information content (AvgIpc) is 3.16. The van der Waals surface area contributed by atoms with Crippen molar-refractivity contribution in [2.45, 2.75) is 19.4 Å². The lowest BCUT2D eigenvalue weighted by Gasteiger charge is -2.19. The Labute approximate surface area is 166 Å². The van der Waals surface area contributed by atoms with Gasteiger partial charge in [0.25, 0.3) is 0 Å². The van der Waals surface area contributed by atoms with Crippen LogP contribution in [0.3, 0.4) is 0 Å². The SMILES string of the molecule is CC(CNC(=NCC(=O)N(C)C)NCC1CCOC1)Oc1ccc(Cl)cc1. The maximum atomic E-state index is 11.8. The number of hydrogen-bond donors (Lipinski definition) is 2. The Hall–Kier alpha value is -1.99. The number of nitrogens with zero attached hydrogens (tertiary/aromatic N) is 2. The summed E-state index contributed by atoms with van der Waals surface area (Å²) in [5.74, 6) is 1.77. The molecule has 2 rings (SSSR count).